The summed E-state index contributed by atoms with van der Waals surface area (Å²) < 4.78 is 37.8. The van der Waals surface area contributed by atoms with Crippen LogP contribution in [0.15, 0.2) is 46.9 Å². The van der Waals surface area contributed by atoms with Gasteiger partial charge < -0.3 is 19.7 Å². The Bertz CT molecular complexity index is 1170. The number of carbonyl (C=O) groups is 2. The van der Waals surface area contributed by atoms with Crippen molar-refractivity contribution in [1.82, 2.24) is 10.2 Å². The highest BCUT2D eigenvalue weighted by atomic mass is 79.9. The quantitative estimate of drug-likeness (QED) is 0.446. The molecule has 1 N–H and O–H groups in total. The Hall–Kier alpha value is -2.79. The number of hydrogen-bond donors (Lipinski definition) is 1. The maximum atomic E-state index is 13.2. The summed E-state index contributed by atoms with van der Waals surface area (Å²) in [4.78, 5) is 27.3. The zero-order chi connectivity index (χ0) is 25.6. The second-order valence-corrected chi connectivity index (χ2v) is 11.0. The van der Waals surface area contributed by atoms with Gasteiger partial charge in [0, 0.05) is 36.6 Å². The van der Waals surface area contributed by atoms with Crippen molar-refractivity contribution in [2.75, 3.05) is 30.4 Å². The van der Waals surface area contributed by atoms with Crippen LogP contribution in [0.1, 0.15) is 32.3 Å². The van der Waals surface area contributed by atoms with E-state index in [0.29, 0.717) is 23.7 Å². The van der Waals surface area contributed by atoms with Gasteiger partial charge in [-0.3, -0.25) is 13.9 Å². The first kappa shape index (κ1) is 26.8. The molecule has 11 heteroatoms. The molecule has 0 spiro atoms. The second kappa shape index (κ2) is 11.8. The molecule has 0 fully saturated rings. The third kappa shape index (κ3) is 7.11. The van der Waals surface area contributed by atoms with Crippen molar-refractivity contribution in [3.8, 4) is 11.5 Å². The van der Waals surface area contributed by atoms with Crippen LogP contribution < -0.4 is 19.1 Å². The van der Waals surface area contributed by atoms with Gasteiger partial charge in [0.2, 0.25) is 28.6 Å². The van der Waals surface area contributed by atoms with Gasteiger partial charge in [-0.25, -0.2) is 8.42 Å². The summed E-state index contributed by atoms with van der Waals surface area (Å²) >= 11 is 3.44. The summed E-state index contributed by atoms with van der Waals surface area (Å²) in [6.07, 6.45) is 1.47. The maximum absolute atomic E-state index is 13.2. The highest BCUT2D eigenvalue weighted by Gasteiger charge is 2.27. The van der Waals surface area contributed by atoms with Crippen molar-refractivity contribution in [1.29, 1.82) is 0 Å². The molecule has 35 heavy (non-hydrogen) atoms. The lowest BCUT2D eigenvalue weighted by atomic mass is 10.1. The third-order valence-corrected chi connectivity index (χ3v) is 7.24. The van der Waals surface area contributed by atoms with Gasteiger partial charge in [-0.2, -0.15) is 0 Å². The third-order valence-electron chi connectivity index (χ3n) is 5.56. The largest absolute Gasteiger partial charge is 0.454 e. The number of fused-ring (bicyclic) bond motifs is 1. The number of halogens is 1. The molecule has 0 bridgehead atoms. The highest BCUT2D eigenvalue weighted by Crippen LogP contribution is 2.36. The molecule has 1 atom stereocenters. The fourth-order valence-corrected chi connectivity index (χ4v) is 5.18. The molecule has 1 aliphatic heterocycles. The number of anilines is 1. The molecule has 2 aromatic rings. The van der Waals surface area contributed by atoms with Crippen LogP contribution in [-0.4, -0.2) is 57.3 Å². The first-order chi connectivity index (χ1) is 16.6. The molecule has 0 aromatic heterocycles. The zero-order valence-corrected chi connectivity index (χ0v) is 22.4. The first-order valence-electron chi connectivity index (χ1n) is 11.3. The molecule has 2 amide bonds. The first-order valence-corrected chi connectivity index (χ1v) is 13.9. The van der Waals surface area contributed by atoms with Crippen LogP contribution in [0.4, 0.5) is 5.69 Å². The minimum absolute atomic E-state index is 0.0777. The van der Waals surface area contributed by atoms with E-state index in [1.54, 1.807) is 25.1 Å². The van der Waals surface area contributed by atoms with Crippen LogP contribution in [0.3, 0.4) is 0 Å². The van der Waals surface area contributed by atoms with Crippen molar-refractivity contribution in [2.24, 2.45) is 0 Å². The van der Waals surface area contributed by atoms with Gasteiger partial charge >= 0.3 is 0 Å². The molecule has 1 unspecified atom stereocenters. The Morgan fingerprint density at radius 3 is 2.57 bits per heavy atom. The lowest BCUT2D eigenvalue weighted by Crippen LogP contribution is -2.47. The Labute approximate surface area is 214 Å². The smallest absolute Gasteiger partial charge is 0.242 e. The van der Waals surface area contributed by atoms with Gasteiger partial charge in [0.15, 0.2) is 11.5 Å². The number of amides is 2. The highest BCUT2D eigenvalue weighted by molar-refractivity contribution is 9.10. The topological polar surface area (TPSA) is 105 Å². The average Bonchev–Trinajstić information content (AvgIpc) is 3.27. The van der Waals surface area contributed by atoms with Gasteiger partial charge in [0.1, 0.15) is 6.04 Å². The molecule has 1 heterocycles. The summed E-state index contributed by atoms with van der Waals surface area (Å²) in [6, 6.07) is 11.8. The van der Waals surface area contributed by atoms with Crippen molar-refractivity contribution >= 4 is 43.5 Å². The van der Waals surface area contributed by atoms with Gasteiger partial charge in [-0.1, -0.05) is 28.1 Å². The number of rotatable bonds is 11. The van der Waals surface area contributed by atoms with Crippen LogP contribution >= 0.6 is 15.9 Å². The molecule has 0 aliphatic carbocycles. The van der Waals surface area contributed by atoms with Crippen LogP contribution in [-0.2, 0) is 26.2 Å². The lowest BCUT2D eigenvalue weighted by Gasteiger charge is -2.29. The summed E-state index contributed by atoms with van der Waals surface area (Å²) in [5.41, 5.74) is 1.31. The molecule has 190 valence electrons. The van der Waals surface area contributed by atoms with Crippen LogP contribution in [0.25, 0.3) is 0 Å². The number of carbonyl (C=O) groups excluding carboxylic acids is 2. The minimum Gasteiger partial charge on any atom is -0.454 e. The standard InChI is InChI=1S/C24H30BrN3O6S/c1-4-26-24(30)17(2)27(15-18-7-5-8-19(25)13-18)23(29)9-6-12-28(35(3,31)32)20-10-11-21-22(14-20)34-16-33-21/h5,7-8,10-11,13-14,17H,4,6,9,12,15-16H2,1-3H3,(H,26,30). The van der Waals surface area contributed by atoms with Crippen molar-refractivity contribution in [3.63, 3.8) is 0 Å². The Balaban J connectivity index is 1.72. The molecule has 0 saturated heterocycles. The molecule has 0 radical (unpaired) electrons. The fourth-order valence-electron chi connectivity index (χ4n) is 3.78. The van der Waals surface area contributed by atoms with Crippen molar-refractivity contribution in [2.45, 2.75) is 39.3 Å². The monoisotopic (exact) mass is 567 g/mol. The summed E-state index contributed by atoms with van der Waals surface area (Å²) in [5.74, 6) is 0.555. The molecule has 9 nitrogen and oxygen atoms in total. The van der Waals surface area contributed by atoms with E-state index in [0.717, 1.165) is 16.3 Å². The number of nitrogens with one attached hydrogen (secondary N) is 1. The number of sulfonamides is 1. The van der Waals surface area contributed by atoms with Gasteiger partial charge in [-0.15, -0.1) is 0 Å². The number of likely N-dealkylation sites (N-methyl/N-ethyl adjacent to an activating group) is 1. The molecular weight excluding hydrogens is 538 g/mol. The molecular formula is C24H30BrN3O6S. The van der Waals surface area contributed by atoms with Gasteiger partial charge in [0.25, 0.3) is 0 Å². The number of benzene rings is 2. The van der Waals surface area contributed by atoms with E-state index < -0.39 is 16.1 Å². The van der Waals surface area contributed by atoms with E-state index in [-0.39, 0.29) is 44.5 Å². The van der Waals surface area contributed by atoms with E-state index >= 15 is 0 Å². The predicted octanol–water partition coefficient (Wildman–Crippen LogP) is 3.28. The van der Waals surface area contributed by atoms with E-state index in [1.807, 2.05) is 31.2 Å². The predicted molar refractivity (Wildman–Crippen MR) is 137 cm³/mol. The molecule has 3 rings (SSSR count). The number of hydrogen-bond acceptors (Lipinski definition) is 6. The van der Waals surface area contributed by atoms with Crippen LogP contribution in [0.5, 0.6) is 11.5 Å². The Morgan fingerprint density at radius 1 is 1.14 bits per heavy atom. The van der Waals surface area contributed by atoms with Crippen LogP contribution in [0.2, 0.25) is 0 Å². The summed E-state index contributed by atoms with van der Waals surface area (Å²) in [6.45, 7) is 4.42. The van der Waals surface area contributed by atoms with Crippen LogP contribution in [0, 0.1) is 0 Å². The van der Waals surface area contributed by atoms with E-state index in [9.17, 15) is 18.0 Å². The zero-order valence-electron chi connectivity index (χ0n) is 20.0. The van der Waals surface area contributed by atoms with E-state index in [1.165, 1.54) is 9.21 Å². The Kier molecular flexibility index (Phi) is 9.01. The lowest BCUT2D eigenvalue weighted by molar-refractivity contribution is -0.140. The number of nitrogens with zero attached hydrogens (tertiary/aromatic N) is 2. The van der Waals surface area contributed by atoms with E-state index in [4.69, 9.17) is 9.47 Å². The summed E-state index contributed by atoms with van der Waals surface area (Å²) in [5, 5.41) is 2.76. The molecule has 2 aromatic carbocycles. The second-order valence-electron chi connectivity index (χ2n) is 8.20. The van der Waals surface area contributed by atoms with Gasteiger partial charge in [-0.05, 0) is 50.1 Å². The Morgan fingerprint density at radius 2 is 1.89 bits per heavy atom. The normalized spacial score (nSPS) is 13.3. The fraction of sp³-hybridized carbons (Fsp3) is 0.417. The molecule has 0 saturated carbocycles. The maximum Gasteiger partial charge on any atom is 0.242 e. The van der Waals surface area contributed by atoms with Gasteiger partial charge in [0.05, 0.1) is 11.9 Å². The minimum atomic E-state index is -3.60. The van der Waals surface area contributed by atoms with Crippen molar-refractivity contribution in [3.05, 3.63) is 52.5 Å². The van der Waals surface area contributed by atoms with Crippen molar-refractivity contribution < 1.29 is 27.5 Å². The van der Waals surface area contributed by atoms with E-state index in [2.05, 4.69) is 21.2 Å². The number of ether oxygens (including phenoxy) is 2. The molecule has 1 aliphatic rings. The average molecular weight is 568 g/mol. The summed E-state index contributed by atoms with van der Waals surface area (Å²) in [7, 11) is -3.60. The SMILES string of the molecule is CCNC(=O)C(C)N(Cc1cccc(Br)c1)C(=O)CCCN(c1ccc2c(c1)OCO2)S(C)(=O)=O.